The van der Waals surface area contributed by atoms with Gasteiger partial charge >= 0.3 is 0 Å². The van der Waals surface area contributed by atoms with Crippen LogP contribution in [0.15, 0.2) is 18.2 Å². The van der Waals surface area contributed by atoms with Crippen molar-refractivity contribution in [3.8, 4) is 11.5 Å². The number of benzene rings is 1. The van der Waals surface area contributed by atoms with Gasteiger partial charge in [0.2, 0.25) is 5.91 Å². The zero-order valence-corrected chi connectivity index (χ0v) is 19.9. The summed E-state index contributed by atoms with van der Waals surface area (Å²) in [4.78, 5) is 40.4. The Morgan fingerprint density at radius 3 is 2.56 bits per heavy atom. The predicted molar refractivity (Wildman–Crippen MR) is 128 cm³/mol. The van der Waals surface area contributed by atoms with Gasteiger partial charge in [0.05, 0.1) is 5.69 Å². The zero-order chi connectivity index (χ0) is 24.2. The molecule has 11 heteroatoms. The Morgan fingerprint density at radius 1 is 1.21 bits per heavy atom. The molecule has 1 aromatic heterocycles. The highest BCUT2D eigenvalue weighted by molar-refractivity contribution is 7.09. The maximum Gasteiger partial charge on any atom is 0.272 e. The Bertz CT molecular complexity index is 1080. The maximum atomic E-state index is 13.8. The lowest BCUT2D eigenvalue weighted by Gasteiger charge is -2.32. The van der Waals surface area contributed by atoms with Crippen LogP contribution < -0.4 is 31.2 Å². The number of primary amides is 1. The number of anilines is 2. The molecule has 1 aromatic carbocycles. The van der Waals surface area contributed by atoms with Gasteiger partial charge < -0.3 is 26.3 Å². The van der Waals surface area contributed by atoms with E-state index in [1.807, 2.05) is 6.92 Å². The largest absolute Gasteiger partial charge is 0.486 e. The lowest BCUT2D eigenvalue weighted by atomic mass is 10.1. The molecular weight excluding hydrogens is 458 g/mol. The number of nitrogen functional groups attached to an aromatic ring is 1. The average molecular weight is 488 g/mol. The van der Waals surface area contributed by atoms with Gasteiger partial charge in [-0.25, -0.2) is 0 Å². The van der Waals surface area contributed by atoms with Gasteiger partial charge in [-0.2, -0.15) is 4.37 Å². The van der Waals surface area contributed by atoms with Gasteiger partial charge in [-0.3, -0.25) is 19.3 Å². The molecular formula is C23H29N5O5S. The summed E-state index contributed by atoms with van der Waals surface area (Å²) in [5.74, 6) is -0.515. The van der Waals surface area contributed by atoms with Crippen molar-refractivity contribution in [2.75, 3.05) is 23.8 Å². The van der Waals surface area contributed by atoms with Crippen LogP contribution in [0, 0.1) is 0 Å². The normalized spacial score (nSPS) is 16.1. The van der Waals surface area contributed by atoms with Gasteiger partial charge in [-0.05, 0) is 42.9 Å². The predicted octanol–water partition coefficient (Wildman–Crippen LogP) is 2.47. The molecule has 2 heterocycles. The first-order valence-electron chi connectivity index (χ1n) is 11.5. The fourth-order valence-electron chi connectivity index (χ4n) is 4.38. The summed E-state index contributed by atoms with van der Waals surface area (Å²) in [6, 6.07) is 4.42. The third-order valence-electron chi connectivity index (χ3n) is 6.06. The van der Waals surface area contributed by atoms with Crippen LogP contribution >= 0.6 is 11.5 Å². The van der Waals surface area contributed by atoms with Crippen LogP contribution in [-0.2, 0) is 4.79 Å². The number of nitrogens with one attached hydrogen (secondary N) is 1. The molecule has 1 fully saturated rings. The smallest absolute Gasteiger partial charge is 0.272 e. The summed E-state index contributed by atoms with van der Waals surface area (Å²) in [7, 11) is 0. The minimum Gasteiger partial charge on any atom is -0.486 e. The first kappa shape index (κ1) is 23.8. The van der Waals surface area contributed by atoms with Crippen molar-refractivity contribution in [1.29, 1.82) is 0 Å². The Hall–Kier alpha value is -3.34. The molecule has 2 aliphatic rings. The highest BCUT2D eigenvalue weighted by atomic mass is 32.1. The van der Waals surface area contributed by atoms with Crippen LogP contribution in [0.2, 0.25) is 0 Å². The molecule has 0 bridgehead atoms. The van der Waals surface area contributed by atoms with E-state index in [9.17, 15) is 14.4 Å². The Morgan fingerprint density at radius 2 is 1.91 bits per heavy atom. The summed E-state index contributed by atoms with van der Waals surface area (Å²) >= 11 is 0.790. The average Bonchev–Trinajstić information content (AvgIpc) is 3.48. The molecule has 182 valence electrons. The summed E-state index contributed by atoms with van der Waals surface area (Å²) < 4.78 is 15.3. The van der Waals surface area contributed by atoms with Crippen molar-refractivity contribution in [1.82, 2.24) is 9.69 Å². The SMILES string of the molecule is CCCC(C(=O)NC1CCCC1)N(C(=O)c1snc(C(N)=O)c1N)c1ccc2c(c1)OCCO2. The molecule has 1 aliphatic carbocycles. The van der Waals surface area contributed by atoms with Gasteiger partial charge in [0, 0.05) is 17.8 Å². The minimum atomic E-state index is -0.817. The topological polar surface area (TPSA) is 150 Å². The van der Waals surface area contributed by atoms with Crippen molar-refractivity contribution in [2.24, 2.45) is 5.73 Å². The lowest BCUT2D eigenvalue weighted by Crippen LogP contribution is -2.51. The highest BCUT2D eigenvalue weighted by Gasteiger charge is 2.36. The van der Waals surface area contributed by atoms with Crippen molar-refractivity contribution in [3.63, 3.8) is 0 Å². The second-order valence-corrected chi connectivity index (χ2v) is 9.21. The number of amides is 3. The van der Waals surface area contributed by atoms with E-state index in [1.165, 1.54) is 4.90 Å². The summed E-state index contributed by atoms with van der Waals surface area (Å²) in [5.41, 5.74) is 11.6. The van der Waals surface area contributed by atoms with Gasteiger partial charge in [-0.15, -0.1) is 0 Å². The number of carbonyl (C=O) groups excluding carboxylic acids is 3. The van der Waals surface area contributed by atoms with Gasteiger partial charge in [0.1, 0.15) is 24.1 Å². The molecule has 1 unspecified atom stereocenters. The molecule has 0 radical (unpaired) electrons. The second-order valence-electron chi connectivity index (χ2n) is 8.44. The van der Waals surface area contributed by atoms with Crippen LogP contribution in [0.4, 0.5) is 11.4 Å². The minimum absolute atomic E-state index is 0.0541. The van der Waals surface area contributed by atoms with Crippen molar-refractivity contribution in [2.45, 2.75) is 57.5 Å². The first-order valence-corrected chi connectivity index (χ1v) is 12.3. The van der Waals surface area contributed by atoms with E-state index >= 15 is 0 Å². The molecule has 3 amide bonds. The van der Waals surface area contributed by atoms with Gasteiger partial charge in [-0.1, -0.05) is 26.2 Å². The number of carbonyl (C=O) groups is 3. The molecule has 1 aliphatic heterocycles. The standard InChI is InChI=1S/C23H29N5O5S/c1-2-5-15(22(30)26-13-6-3-4-7-13)28(14-8-9-16-17(12-14)33-11-10-32-16)23(31)20-18(24)19(21(25)29)27-34-20/h8-9,12-13,15H,2-7,10-11,24H2,1H3,(H2,25,29)(H,26,30). The van der Waals surface area contributed by atoms with E-state index in [0.717, 1.165) is 37.2 Å². The van der Waals surface area contributed by atoms with E-state index in [1.54, 1.807) is 18.2 Å². The van der Waals surface area contributed by atoms with Crippen LogP contribution in [0.1, 0.15) is 65.6 Å². The van der Waals surface area contributed by atoms with E-state index < -0.39 is 17.9 Å². The molecule has 1 atom stereocenters. The molecule has 5 N–H and O–H groups in total. The first-order chi connectivity index (χ1) is 16.4. The molecule has 0 spiro atoms. The number of aromatic nitrogens is 1. The third-order valence-corrected chi connectivity index (χ3v) is 6.91. The zero-order valence-electron chi connectivity index (χ0n) is 19.0. The van der Waals surface area contributed by atoms with Crippen LogP contribution in [0.3, 0.4) is 0 Å². The number of rotatable bonds is 8. The van der Waals surface area contributed by atoms with E-state index in [0.29, 0.717) is 43.2 Å². The maximum absolute atomic E-state index is 13.8. The molecule has 2 aromatic rings. The number of hydrogen-bond acceptors (Lipinski definition) is 8. The fraction of sp³-hybridized carbons (Fsp3) is 0.478. The monoisotopic (exact) mass is 487 g/mol. The van der Waals surface area contributed by atoms with Gasteiger partial charge in [0.15, 0.2) is 17.2 Å². The van der Waals surface area contributed by atoms with Gasteiger partial charge in [0.25, 0.3) is 11.8 Å². The number of nitrogens with two attached hydrogens (primary N) is 2. The van der Waals surface area contributed by atoms with Crippen LogP contribution in [-0.4, -0.2) is 47.4 Å². The molecule has 4 rings (SSSR count). The van der Waals surface area contributed by atoms with E-state index in [-0.39, 0.29) is 28.2 Å². The van der Waals surface area contributed by atoms with E-state index in [4.69, 9.17) is 20.9 Å². The molecule has 10 nitrogen and oxygen atoms in total. The molecule has 1 saturated carbocycles. The Labute approximate surface area is 201 Å². The number of nitrogens with zero attached hydrogens (tertiary/aromatic N) is 2. The summed E-state index contributed by atoms with van der Waals surface area (Å²) in [6.07, 6.45) is 5.09. The van der Waals surface area contributed by atoms with Crippen molar-refractivity contribution < 1.29 is 23.9 Å². The molecule has 0 saturated heterocycles. The van der Waals surface area contributed by atoms with Crippen molar-refractivity contribution in [3.05, 3.63) is 28.8 Å². The molecule has 34 heavy (non-hydrogen) atoms. The number of ether oxygens (including phenoxy) is 2. The summed E-state index contributed by atoms with van der Waals surface area (Å²) in [5, 5.41) is 3.11. The highest BCUT2D eigenvalue weighted by Crippen LogP contribution is 2.36. The Kier molecular flexibility index (Phi) is 7.20. The lowest BCUT2D eigenvalue weighted by molar-refractivity contribution is -0.123. The number of fused-ring (bicyclic) bond motifs is 1. The Balaban J connectivity index is 1.75. The van der Waals surface area contributed by atoms with E-state index in [2.05, 4.69) is 9.69 Å². The number of hydrogen-bond donors (Lipinski definition) is 3. The second kappa shape index (κ2) is 10.3. The fourth-order valence-corrected chi connectivity index (χ4v) is 5.12. The third kappa shape index (κ3) is 4.79. The quantitative estimate of drug-likeness (QED) is 0.517. The summed E-state index contributed by atoms with van der Waals surface area (Å²) in [6.45, 7) is 2.77. The van der Waals surface area contributed by atoms with Crippen LogP contribution in [0.5, 0.6) is 11.5 Å². The van der Waals surface area contributed by atoms with Crippen LogP contribution in [0.25, 0.3) is 0 Å². The van der Waals surface area contributed by atoms with Crippen molar-refractivity contribution >= 4 is 40.6 Å².